The lowest BCUT2D eigenvalue weighted by atomic mass is 9.62. The van der Waals surface area contributed by atoms with Crippen LogP contribution in [0.2, 0.25) is 5.02 Å². The summed E-state index contributed by atoms with van der Waals surface area (Å²) in [5, 5.41) is 9.38. The third kappa shape index (κ3) is 3.65. The number of aromatic nitrogens is 3. The van der Waals surface area contributed by atoms with E-state index in [0.29, 0.717) is 33.4 Å². The van der Waals surface area contributed by atoms with Gasteiger partial charge in [-0.15, -0.1) is 10.2 Å². The summed E-state index contributed by atoms with van der Waals surface area (Å²) in [5.74, 6) is -0.366. The fourth-order valence-corrected chi connectivity index (χ4v) is 4.28. The van der Waals surface area contributed by atoms with Crippen molar-refractivity contribution in [1.29, 1.82) is 0 Å². The summed E-state index contributed by atoms with van der Waals surface area (Å²) in [5.41, 5.74) is 2.28. The minimum atomic E-state index is -0.972. The number of alkyl halides is 1. The van der Waals surface area contributed by atoms with Crippen LogP contribution >= 0.6 is 11.6 Å². The number of rotatable bonds is 4. The van der Waals surface area contributed by atoms with E-state index in [4.69, 9.17) is 16.6 Å². The molecule has 0 N–H and O–H groups in total. The van der Waals surface area contributed by atoms with Gasteiger partial charge in [0.25, 0.3) is 0 Å². The molecule has 0 unspecified atom stereocenters. The van der Waals surface area contributed by atoms with E-state index < -0.39 is 11.6 Å². The highest BCUT2D eigenvalue weighted by Gasteiger charge is 2.50. The van der Waals surface area contributed by atoms with Crippen LogP contribution < -0.4 is 0 Å². The first kappa shape index (κ1) is 20.6. The molecule has 1 aliphatic carbocycles. The summed E-state index contributed by atoms with van der Waals surface area (Å²) in [4.78, 5) is 4.81. The minimum absolute atomic E-state index is 0.231. The van der Waals surface area contributed by atoms with Crippen molar-refractivity contribution < 1.29 is 13.2 Å². The maximum atomic E-state index is 14.1. The van der Waals surface area contributed by atoms with E-state index in [9.17, 15) is 13.2 Å². The van der Waals surface area contributed by atoms with E-state index in [1.54, 1.807) is 36.4 Å². The Hall–Kier alpha value is -3.25. The average Bonchev–Trinajstić information content (AvgIpc) is 2.78. The Morgan fingerprint density at radius 1 is 0.719 bits per heavy atom. The van der Waals surface area contributed by atoms with E-state index in [1.165, 1.54) is 24.3 Å². The fourth-order valence-electron chi connectivity index (χ4n) is 4.15. The lowest BCUT2D eigenvalue weighted by molar-refractivity contribution is 0.116. The molecule has 4 aromatic rings. The van der Waals surface area contributed by atoms with Crippen LogP contribution in [0.3, 0.4) is 0 Å². The second-order valence-electron chi connectivity index (χ2n) is 7.94. The van der Waals surface area contributed by atoms with Gasteiger partial charge >= 0.3 is 0 Å². The SMILES string of the molecule is Fc1ccc(-c2nnc([C@]3(c4ccc(Cl)cc4)C[C@@H](F)C3)nc2-c2ccc(F)cc2)cc1. The molecule has 160 valence electrons. The molecule has 0 saturated heterocycles. The molecule has 0 bridgehead atoms. The third-order valence-corrected chi connectivity index (χ3v) is 6.14. The van der Waals surface area contributed by atoms with Gasteiger partial charge in [0.2, 0.25) is 0 Å². The summed E-state index contributed by atoms with van der Waals surface area (Å²) in [6.07, 6.45) is -0.509. The zero-order valence-electron chi connectivity index (χ0n) is 16.8. The van der Waals surface area contributed by atoms with E-state index in [-0.39, 0.29) is 24.5 Å². The van der Waals surface area contributed by atoms with Crippen molar-refractivity contribution in [3.05, 3.63) is 101 Å². The molecule has 32 heavy (non-hydrogen) atoms. The molecule has 0 radical (unpaired) electrons. The van der Waals surface area contributed by atoms with Crippen molar-refractivity contribution in [2.75, 3.05) is 0 Å². The topological polar surface area (TPSA) is 38.7 Å². The highest BCUT2D eigenvalue weighted by molar-refractivity contribution is 6.30. The number of benzene rings is 3. The minimum Gasteiger partial charge on any atom is -0.247 e. The summed E-state index contributed by atoms with van der Waals surface area (Å²) in [6.45, 7) is 0. The van der Waals surface area contributed by atoms with Gasteiger partial charge in [-0.05, 0) is 79.1 Å². The highest BCUT2D eigenvalue weighted by Crippen LogP contribution is 2.49. The molecular weight excluding hydrogens is 435 g/mol. The molecule has 1 fully saturated rings. The highest BCUT2D eigenvalue weighted by atomic mass is 35.5. The first-order chi connectivity index (χ1) is 15.4. The standard InChI is InChI=1S/C25H17ClF3N3/c26-18-7-5-17(6-8-18)25(13-21(29)14-25)24-30-22(15-1-9-19(27)10-2-15)23(31-32-24)16-3-11-20(28)12-4-16/h1-12,21H,13-14H2/t21-,25-. The molecule has 0 aliphatic heterocycles. The van der Waals surface area contributed by atoms with Gasteiger partial charge in [0.1, 0.15) is 29.2 Å². The molecule has 3 aromatic carbocycles. The molecule has 0 amide bonds. The Bertz CT molecular complexity index is 1250. The third-order valence-electron chi connectivity index (χ3n) is 5.89. The number of hydrogen-bond acceptors (Lipinski definition) is 3. The van der Waals surface area contributed by atoms with Crippen LogP contribution in [0, 0.1) is 11.6 Å². The van der Waals surface area contributed by atoms with Crippen LogP contribution in [0.4, 0.5) is 13.2 Å². The van der Waals surface area contributed by atoms with Gasteiger partial charge in [0.05, 0.1) is 5.41 Å². The predicted octanol–water partition coefficient (Wildman–Crippen LogP) is 6.56. The number of hydrogen-bond donors (Lipinski definition) is 0. The van der Waals surface area contributed by atoms with Gasteiger partial charge in [-0.2, -0.15) is 0 Å². The first-order valence-corrected chi connectivity index (χ1v) is 10.5. The smallest absolute Gasteiger partial charge is 0.162 e. The fraction of sp³-hybridized carbons (Fsp3) is 0.160. The first-order valence-electron chi connectivity index (χ1n) is 10.1. The van der Waals surface area contributed by atoms with Crippen molar-refractivity contribution in [1.82, 2.24) is 15.2 Å². The van der Waals surface area contributed by atoms with E-state index in [2.05, 4.69) is 10.2 Å². The summed E-state index contributed by atoms with van der Waals surface area (Å²) in [7, 11) is 0. The molecule has 5 rings (SSSR count). The molecule has 1 aromatic heterocycles. The van der Waals surface area contributed by atoms with E-state index >= 15 is 0 Å². The van der Waals surface area contributed by atoms with Crippen LogP contribution in [0.15, 0.2) is 72.8 Å². The summed E-state index contributed by atoms with van der Waals surface area (Å²) < 4.78 is 41.1. The molecule has 3 nitrogen and oxygen atoms in total. The molecule has 1 aliphatic rings. The van der Waals surface area contributed by atoms with Crippen molar-refractivity contribution in [3.63, 3.8) is 0 Å². The Kier molecular flexibility index (Phi) is 5.18. The summed E-state index contributed by atoms with van der Waals surface area (Å²) >= 11 is 6.04. The van der Waals surface area contributed by atoms with E-state index in [0.717, 1.165) is 5.56 Å². The Labute approximate surface area is 187 Å². The van der Waals surface area contributed by atoms with Gasteiger partial charge in [-0.1, -0.05) is 23.7 Å². The quantitative estimate of drug-likeness (QED) is 0.353. The maximum absolute atomic E-state index is 14.1. The average molecular weight is 452 g/mol. The van der Waals surface area contributed by atoms with Crippen molar-refractivity contribution >= 4 is 11.6 Å². The van der Waals surface area contributed by atoms with Crippen molar-refractivity contribution in [2.45, 2.75) is 24.4 Å². The van der Waals surface area contributed by atoms with Gasteiger partial charge in [-0.25, -0.2) is 18.2 Å². The second kappa shape index (κ2) is 8.02. The Balaban J connectivity index is 1.68. The Morgan fingerprint density at radius 3 is 1.78 bits per heavy atom. The normalized spacial score (nSPS) is 20.1. The van der Waals surface area contributed by atoms with Gasteiger partial charge in [0, 0.05) is 16.1 Å². The molecule has 0 spiro atoms. The van der Waals surface area contributed by atoms with Crippen molar-refractivity contribution in [2.24, 2.45) is 0 Å². The van der Waals surface area contributed by atoms with Crippen LogP contribution in [-0.4, -0.2) is 21.4 Å². The zero-order chi connectivity index (χ0) is 22.3. The zero-order valence-corrected chi connectivity index (χ0v) is 17.5. The molecular formula is C25H17ClF3N3. The van der Waals surface area contributed by atoms with Gasteiger partial charge < -0.3 is 0 Å². The van der Waals surface area contributed by atoms with Gasteiger partial charge in [0.15, 0.2) is 5.82 Å². The maximum Gasteiger partial charge on any atom is 0.162 e. The lowest BCUT2D eigenvalue weighted by Gasteiger charge is -2.43. The molecule has 1 heterocycles. The van der Waals surface area contributed by atoms with Crippen LogP contribution in [-0.2, 0) is 5.41 Å². The van der Waals surface area contributed by atoms with Crippen LogP contribution in [0.25, 0.3) is 22.5 Å². The lowest BCUT2D eigenvalue weighted by Crippen LogP contribution is -2.45. The number of nitrogens with zero attached hydrogens (tertiary/aromatic N) is 3. The van der Waals surface area contributed by atoms with Crippen LogP contribution in [0.1, 0.15) is 24.2 Å². The number of halogens is 4. The molecule has 7 heteroatoms. The Morgan fingerprint density at radius 2 is 1.25 bits per heavy atom. The van der Waals surface area contributed by atoms with E-state index in [1.807, 2.05) is 12.1 Å². The van der Waals surface area contributed by atoms with Crippen molar-refractivity contribution in [3.8, 4) is 22.5 Å². The summed E-state index contributed by atoms with van der Waals surface area (Å²) in [6, 6.07) is 18.9. The molecule has 0 atom stereocenters. The monoisotopic (exact) mass is 451 g/mol. The second-order valence-corrected chi connectivity index (χ2v) is 8.38. The van der Waals surface area contributed by atoms with Gasteiger partial charge in [-0.3, -0.25) is 0 Å². The largest absolute Gasteiger partial charge is 0.247 e. The predicted molar refractivity (Wildman–Crippen MR) is 117 cm³/mol. The van der Waals surface area contributed by atoms with Crippen LogP contribution in [0.5, 0.6) is 0 Å². The molecule has 1 saturated carbocycles.